The van der Waals surface area contributed by atoms with Gasteiger partial charge in [0.2, 0.25) is 0 Å². The van der Waals surface area contributed by atoms with Crippen molar-refractivity contribution in [1.29, 1.82) is 0 Å². The molecule has 2 heterocycles. The molecule has 0 unspecified atom stereocenters. The summed E-state index contributed by atoms with van der Waals surface area (Å²) in [6, 6.07) is 13.8. The largest absolute Gasteiger partial charge is 0.464 e. The zero-order valence-electron chi connectivity index (χ0n) is 15.1. The average molecular weight is 407 g/mol. The Bertz CT molecular complexity index is 1010. The van der Waals surface area contributed by atoms with Gasteiger partial charge in [0.25, 0.3) is 10.0 Å². The summed E-state index contributed by atoms with van der Waals surface area (Å²) in [5.74, 6) is 0.452. The lowest BCUT2D eigenvalue weighted by Gasteiger charge is -2.28. The van der Waals surface area contributed by atoms with E-state index in [9.17, 15) is 8.42 Å². The Morgan fingerprint density at radius 3 is 2.48 bits per heavy atom. The molecule has 1 aliphatic rings. The van der Waals surface area contributed by atoms with E-state index in [-0.39, 0.29) is 17.3 Å². The smallest absolute Gasteiger partial charge is 0.261 e. The van der Waals surface area contributed by atoms with E-state index in [1.807, 2.05) is 18.4 Å². The van der Waals surface area contributed by atoms with Crippen molar-refractivity contribution in [3.8, 4) is 0 Å². The highest BCUT2D eigenvalue weighted by molar-refractivity contribution is 7.92. The van der Waals surface area contributed by atoms with Gasteiger partial charge in [-0.05, 0) is 69.2 Å². The third-order valence-corrected chi connectivity index (χ3v) is 6.46. The highest BCUT2D eigenvalue weighted by Crippen LogP contribution is 2.35. The van der Waals surface area contributed by atoms with Crippen LogP contribution >= 0.6 is 12.4 Å². The molecule has 0 amide bonds. The quantitative estimate of drug-likeness (QED) is 0.694. The van der Waals surface area contributed by atoms with Crippen LogP contribution in [0.25, 0.3) is 11.0 Å². The average Bonchev–Trinajstić information content (AvgIpc) is 3.06. The fourth-order valence-electron chi connectivity index (χ4n) is 3.56. The molecule has 144 valence electrons. The zero-order valence-corrected chi connectivity index (χ0v) is 16.7. The van der Waals surface area contributed by atoms with Crippen molar-refractivity contribution in [2.24, 2.45) is 0 Å². The Morgan fingerprint density at radius 1 is 1.07 bits per heavy atom. The summed E-state index contributed by atoms with van der Waals surface area (Å²) in [5.41, 5.74) is 2.52. The molecule has 1 saturated heterocycles. The number of rotatable bonds is 4. The Kier molecular flexibility index (Phi) is 5.79. The third-order valence-electron chi connectivity index (χ3n) is 5.07. The lowest BCUT2D eigenvalue weighted by Crippen LogP contribution is -2.29. The second-order valence-corrected chi connectivity index (χ2v) is 8.58. The molecular formula is C20H23ClN2O3S. The molecule has 2 aromatic carbocycles. The number of nitrogens with zero attached hydrogens (tertiary/aromatic N) is 1. The van der Waals surface area contributed by atoms with Crippen LogP contribution in [0.1, 0.15) is 24.3 Å². The van der Waals surface area contributed by atoms with Crippen molar-refractivity contribution in [3.63, 3.8) is 0 Å². The molecule has 0 saturated carbocycles. The number of piperidine rings is 1. The molecule has 7 heteroatoms. The predicted octanol–water partition coefficient (Wildman–Crippen LogP) is 4.46. The number of hydrogen-bond donors (Lipinski definition) is 1. The fraction of sp³-hybridized carbons (Fsp3) is 0.300. The van der Waals surface area contributed by atoms with Crippen molar-refractivity contribution in [1.82, 2.24) is 4.90 Å². The number of fused-ring (bicyclic) bond motifs is 1. The first-order valence-electron chi connectivity index (χ1n) is 8.80. The lowest BCUT2D eigenvalue weighted by molar-refractivity contribution is 0.255. The summed E-state index contributed by atoms with van der Waals surface area (Å²) < 4.78 is 33.5. The number of likely N-dealkylation sites (tertiary alicyclic amines) is 1. The fourth-order valence-corrected chi connectivity index (χ4v) is 4.63. The normalized spacial score (nSPS) is 16.2. The van der Waals surface area contributed by atoms with Crippen LogP contribution in [0.4, 0.5) is 5.69 Å². The standard InChI is InChI=1S/C20H22N2O3S.ClH/c1-22-11-9-15(10-12-22)19-14-25-20-8-7-16(13-18(19)20)21-26(23,24)17-5-3-2-4-6-17;/h2-8,13-15,21H,9-12H2,1H3;1H. The monoisotopic (exact) mass is 406 g/mol. The highest BCUT2D eigenvalue weighted by Gasteiger charge is 2.22. The van der Waals surface area contributed by atoms with Crippen molar-refractivity contribution in [2.75, 3.05) is 24.9 Å². The van der Waals surface area contributed by atoms with Gasteiger partial charge in [0.05, 0.1) is 11.2 Å². The van der Waals surface area contributed by atoms with Gasteiger partial charge in [0.15, 0.2) is 0 Å². The van der Waals surface area contributed by atoms with E-state index >= 15 is 0 Å². The lowest BCUT2D eigenvalue weighted by atomic mass is 9.89. The van der Waals surface area contributed by atoms with E-state index < -0.39 is 10.0 Å². The van der Waals surface area contributed by atoms with Crippen LogP contribution in [0, 0.1) is 0 Å². The Hall–Kier alpha value is -2.02. The van der Waals surface area contributed by atoms with Gasteiger partial charge in [-0.1, -0.05) is 18.2 Å². The number of halogens is 1. The molecule has 0 radical (unpaired) electrons. The van der Waals surface area contributed by atoms with Gasteiger partial charge in [0, 0.05) is 16.6 Å². The Morgan fingerprint density at radius 2 is 1.78 bits per heavy atom. The van der Waals surface area contributed by atoms with Gasteiger partial charge >= 0.3 is 0 Å². The van der Waals surface area contributed by atoms with Crippen LogP contribution in [0.3, 0.4) is 0 Å². The molecule has 0 bridgehead atoms. The summed E-state index contributed by atoms with van der Waals surface area (Å²) in [6.07, 6.45) is 4.01. The van der Waals surface area contributed by atoms with Crippen LogP contribution in [0.5, 0.6) is 0 Å². The van der Waals surface area contributed by atoms with Gasteiger partial charge in [-0.2, -0.15) is 0 Å². The second-order valence-electron chi connectivity index (χ2n) is 6.90. The van der Waals surface area contributed by atoms with Crippen molar-refractivity contribution < 1.29 is 12.8 Å². The maximum atomic E-state index is 12.6. The van der Waals surface area contributed by atoms with Crippen LogP contribution in [-0.2, 0) is 10.0 Å². The van der Waals surface area contributed by atoms with E-state index in [4.69, 9.17) is 4.42 Å². The number of hydrogen-bond acceptors (Lipinski definition) is 4. The van der Waals surface area contributed by atoms with Crippen LogP contribution < -0.4 is 4.72 Å². The topological polar surface area (TPSA) is 62.6 Å². The predicted molar refractivity (Wildman–Crippen MR) is 110 cm³/mol. The maximum absolute atomic E-state index is 12.6. The molecule has 5 nitrogen and oxygen atoms in total. The third kappa shape index (κ3) is 4.13. The van der Waals surface area contributed by atoms with Gasteiger partial charge in [-0.15, -0.1) is 12.4 Å². The molecule has 1 aliphatic heterocycles. The molecule has 0 aliphatic carbocycles. The Balaban J connectivity index is 0.00000210. The summed E-state index contributed by atoms with van der Waals surface area (Å²) in [7, 11) is -1.46. The number of benzene rings is 2. The highest BCUT2D eigenvalue weighted by atomic mass is 35.5. The van der Waals surface area contributed by atoms with Crippen molar-refractivity contribution in [2.45, 2.75) is 23.7 Å². The van der Waals surface area contributed by atoms with Gasteiger partial charge < -0.3 is 9.32 Å². The molecule has 3 aromatic rings. The van der Waals surface area contributed by atoms with Gasteiger partial charge in [-0.3, -0.25) is 4.72 Å². The van der Waals surface area contributed by atoms with Crippen LogP contribution in [-0.4, -0.2) is 33.5 Å². The molecule has 4 rings (SSSR count). The maximum Gasteiger partial charge on any atom is 0.261 e. The molecule has 1 aromatic heterocycles. The summed E-state index contributed by atoms with van der Waals surface area (Å²) in [6.45, 7) is 2.13. The number of sulfonamides is 1. The van der Waals surface area contributed by atoms with Crippen molar-refractivity contribution >= 4 is 39.1 Å². The second kappa shape index (κ2) is 7.92. The van der Waals surface area contributed by atoms with E-state index in [0.29, 0.717) is 11.6 Å². The van der Waals surface area contributed by atoms with E-state index in [1.165, 1.54) is 5.56 Å². The minimum absolute atomic E-state index is 0. The zero-order chi connectivity index (χ0) is 18.1. The first-order valence-corrected chi connectivity index (χ1v) is 10.3. The molecule has 27 heavy (non-hydrogen) atoms. The molecule has 1 N–H and O–H groups in total. The molecule has 1 fully saturated rings. The summed E-state index contributed by atoms with van der Waals surface area (Å²) >= 11 is 0. The van der Waals surface area contributed by atoms with Gasteiger partial charge in [0.1, 0.15) is 5.58 Å². The SMILES string of the molecule is CN1CCC(c2coc3ccc(NS(=O)(=O)c4ccccc4)cc23)CC1.Cl. The van der Waals surface area contributed by atoms with E-state index in [1.54, 1.807) is 36.4 Å². The van der Waals surface area contributed by atoms with Crippen LogP contribution in [0.2, 0.25) is 0 Å². The summed E-state index contributed by atoms with van der Waals surface area (Å²) in [5, 5.41) is 0.993. The molecule has 0 spiro atoms. The number of anilines is 1. The summed E-state index contributed by atoms with van der Waals surface area (Å²) in [4.78, 5) is 2.58. The Labute approximate surface area is 165 Å². The van der Waals surface area contributed by atoms with Gasteiger partial charge in [-0.25, -0.2) is 8.42 Å². The van der Waals surface area contributed by atoms with E-state index in [2.05, 4.69) is 16.7 Å². The first-order chi connectivity index (χ1) is 12.5. The minimum Gasteiger partial charge on any atom is -0.464 e. The molecular weight excluding hydrogens is 384 g/mol. The van der Waals surface area contributed by atoms with E-state index in [0.717, 1.165) is 36.9 Å². The minimum atomic E-state index is -3.60. The van der Waals surface area contributed by atoms with Crippen molar-refractivity contribution in [3.05, 3.63) is 60.4 Å². The first kappa shape index (κ1) is 19.7. The number of furan rings is 1. The molecule has 0 atom stereocenters. The number of nitrogens with one attached hydrogen (secondary N) is 1. The van der Waals surface area contributed by atoms with Crippen LogP contribution in [0.15, 0.2) is 64.1 Å².